The minimum Gasteiger partial charge on any atom is -0.379 e. The van der Waals surface area contributed by atoms with E-state index in [4.69, 9.17) is 4.74 Å². The lowest BCUT2D eigenvalue weighted by atomic mass is 9.94. The summed E-state index contributed by atoms with van der Waals surface area (Å²) in [7, 11) is 0. The molecule has 1 aromatic rings. The third kappa shape index (κ3) is 8.74. The summed E-state index contributed by atoms with van der Waals surface area (Å²) in [6.07, 6.45) is 7.62. The molecule has 2 aliphatic rings. The fraction of sp³-hybridized carbons (Fsp3) is 0.704. The van der Waals surface area contributed by atoms with Gasteiger partial charge in [-0.2, -0.15) is 0 Å². The molecule has 0 radical (unpaired) electrons. The van der Waals surface area contributed by atoms with Crippen LogP contribution in [0.5, 0.6) is 0 Å². The first-order chi connectivity index (χ1) is 16.2. The summed E-state index contributed by atoms with van der Waals surface area (Å²) >= 11 is 0. The second-order valence-electron chi connectivity index (χ2n) is 9.48. The molecule has 1 aromatic carbocycles. The standard InChI is InChI=1S/C27H43N3O3/c1-2-3-4-8-15-30(19-18-28-20-22-33-23-21-28)27(32)25-13-16-29(17-14-25)26(31)12-11-24-9-6-5-7-10-24/h5-7,9-10,25H,2-4,8,11-23H2,1H3. The van der Waals surface area contributed by atoms with Crippen molar-refractivity contribution in [2.24, 2.45) is 5.92 Å². The predicted octanol–water partition coefficient (Wildman–Crippen LogP) is 3.60. The number of carbonyl (C=O) groups is 2. The van der Waals surface area contributed by atoms with Crippen LogP contribution in [-0.2, 0) is 20.7 Å². The van der Waals surface area contributed by atoms with Crippen LogP contribution in [0.1, 0.15) is 57.4 Å². The van der Waals surface area contributed by atoms with Crippen molar-refractivity contribution >= 4 is 11.8 Å². The number of hydrogen-bond acceptors (Lipinski definition) is 4. The number of likely N-dealkylation sites (tertiary alicyclic amines) is 1. The Kier molecular flexibility index (Phi) is 11.2. The van der Waals surface area contributed by atoms with Crippen molar-refractivity contribution < 1.29 is 14.3 Å². The van der Waals surface area contributed by atoms with Crippen molar-refractivity contribution in [3.8, 4) is 0 Å². The predicted molar refractivity (Wildman–Crippen MR) is 132 cm³/mol. The molecule has 3 rings (SSSR count). The van der Waals surface area contributed by atoms with Crippen LogP contribution in [0.3, 0.4) is 0 Å². The van der Waals surface area contributed by atoms with Crippen LogP contribution in [0.2, 0.25) is 0 Å². The van der Waals surface area contributed by atoms with Crippen LogP contribution < -0.4 is 0 Å². The van der Waals surface area contributed by atoms with Crippen LogP contribution in [-0.4, -0.2) is 85.5 Å². The molecule has 2 aliphatic heterocycles. The largest absolute Gasteiger partial charge is 0.379 e. The van der Waals surface area contributed by atoms with Gasteiger partial charge in [0.1, 0.15) is 0 Å². The molecule has 0 unspecified atom stereocenters. The van der Waals surface area contributed by atoms with E-state index in [2.05, 4.69) is 28.9 Å². The Hall–Kier alpha value is -1.92. The van der Waals surface area contributed by atoms with E-state index in [9.17, 15) is 9.59 Å². The first-order valence-corrected chi connectivity index (χ1v) is 13.1. The number of nitrogens with zero attached hydrogens (tertiary/aromatic N) is 3. The van der Waals surface area contributed by atoms with Crippen molar-refractivity contribution in [3.05, 3.63) is 35.9 Å². The molecule has 184 valence electrons. The van der Waals surface area contributed by atoms with Gasteiger partial charge >= 0.3 is 0 Å². The van der Waals surface area contributed by atoms with Gasteiger partial charge in [0, 0.05) is 58.2 Å². The number of piperidine rings is 1. The van der Waals surface area contributed by atoms with Gasteiger partial charge in [0.2, 0.25) is 11.8 Å². The highest BCUT2D eigenvalue weighted by molar-refractivity contribution is 5.80. The van der Waals surface area contributed by atoms with Crippen molar-refractivity contribution in [3.63, 3.8) is 0 Å². The smallest absolute Gasteiger partial charge is 0.225 e. The fourth-order valence-corrected chi connectivity index (χ4v) is 4.84. The quantitative estimate of drug-likeness (QED) is 0.450. The minimum atomic E-state index is 0.0547. The molecular formula is C27H43N3O3. The number of aryl methyl sites for hydroxylation is 1. The summed E-state index contributed by atoms with van der Waals surface area (Å²) in [4.78, 5) is 32.6. The van der Waals surface area contributed by atoms with Gasteiger partial charge in [-0.05, 0) is 31.2 Å². The number of ether oxygens (including phenoxy) is 1. The Morgan fingerprint density at radius 2 is 1.70 bits per heavy atom. The van der Waals surface area contributed by atoms with Crippen molar-refractivity contribution in [2.45, 2.75) is 58.3 Å². The Balaban J connectivity index is 1.45. The van der Waals surface area contributed by atoms with Crippen LogP contribution >= 0.6 is 0 Å². The highest BCUT2D eigenvalue weighted by Crippen LogP contribution is 2.21. The molecule has 2 heterocycles. The van der Waals surface area contributed by atoms with Gasteiger partial charge in [0.15, 0.2) is 0 Å². The zero-order valence-corrected chi connectivity index (χ0v) is 20.6. The molecule has 0 spiro atoms. The SMILES string of the molecule is CCCCCCN(CCN1CCOCC1)C(=O)C1CCN(C(=O)CCc2ccccc2)CC1. The molecule has 0 aromatic heterocycles. The minimum absolute atomic E-state index is 0.0547. The molecule has 2 amide bonds. The van der Waals surface area contributed by atoms with Crippen LogP contribution in [0, 0.1) is 5.92 Å². The first-order valence-electron chi connectivity index (χ1n) is 13.1. The Morgan fingerprint density at radius 3 is 2.39 bits per heavy atom. The number of rotatable bonds is 12. The van der Waals surface area contributed by atoms with Crippen molar-refractivity contribution in [1.29, 1.82) is 0 Å². The van der Waals surface area contributed by atoms with E-state index in [-0.39, 0.29) is 11.8 Å². The third-order valence-electron chi connectivity index (χ3n) is 7.05. The number of hydrogen-bond donors (Lipinski definition) is 0. The zero-order valence-electron chi connectivity index (χ0n) is 20.6. The fourth-order valence-electron chi connectivity index (χ4n) is 4.84. The molecule has 2 saturated heterocycles. The van der Waals surface area contributed by atoms with E-state index in [1.165, 1.54) is 24.8 Å². The van der Waals surface area contributed by atoms with Gasteiger partial charge in [-0.1, -0.05) is 56.5 Å². The maximum atomic E-state index is 13.4. The Morgan fingerprint density at radius 1 is 0.970 bits per heavy atom. The van der Waals surface area contributed by atoms with Gasteiger partial charge in [-0.15, -0.1) is 0 Å². The normalized spacial score (nSPS) is 17.8. The summed E-state index contributed by atoms with van der Waals surface area (Å²) in [6, 6.07) is 10.2. The number of morpholine rings is 1. The van der Waals surface area contributed by atoms with Gasteiger partial charge in [-0.25, -0.2) is 0 Å². The molecule has 0 N–H and O–H groups in total. The van der Waals surface area contributed by atoms with Gasteiger partial charge < -0.3 is 14.5 Å². The van der Waals surface area contributed by atoms with E-state index in [1.54, 1.807) is 0 Å². The van der Waals surface area contributed by atoms with E-state index in [0.29, 0.717) is 25.4 Å². The number of carbonyl (C=O) groups excluding carboxylic acids is 2. The maximum Gasteiger partial charge on any atom is 0.225 e. The Bertz CT molecular complexity index is 698. The highest BCUT2D eigenvalue weighted by atomic mass is 16.5. The molecule has 33 heavy (non-hydrogen) atoms. The molecule has 2 fully saturated rings. The van der Waals surface area contributed by atoms with Crippen LogP contribution in [0.4, 0.5) is 0 Å². The van der Waals surface area contributed by atoms with Gasteiger partial charge in [0.05, 0.1) is 13.2 Å². The van der Waals surface area contributed by atoms with Crippen LogP contribution in [0.25, 0.3) is 0 Å². The maximum absolute atomic E-state index is 13.4. The lowest BCUT2D eigenvalue weighted by Gasteiger charge is -2.35. The summed E-state index contributed by atoms with van der Waals surface area (Å²) in [5, 5.41) is 0. The van der Waals surface area contributed by atoms with E-state index in [1.807, 2.05) is 23.1 Å². The first kappa shape index (κ1) is 25.7. The Labute approximate surface area is 200 Å². The second-order valence-corrected chi connectivity index (χ2v) is 9.48. The summed E-state index contributed by atoms with van der Waals surface area (Å²) < 4.78 is 5.46. The average molecular weight is 458 g/mol. The molecule has 0 aliphatic carbocycles. The third-order valence-corrected chi connectivity index (χ3v) is 7.05. The molecule has 0 saturated carbocycles. The van der Waals surface area contributed by atoms with Gasteiger partial charge in [-0.3, -0.25) is 14.5 Å². The average Bonchev–Trinajstić information content (AvgIpc) is 2.88. The number of benzene rings is 1. The zero-order chi connectivity index (χ0) is 23.3. The topological polar surface area (TPSA) is 53.1 Å². The van der Waals surface area contributed by atoms with Crippen molar-refractivity contribution in [1.82, 2.24) is 14.7 Å². The number of amides is 2. The number of unbranched alkanes of at least 4 members (excludes halogenated alkanes) is 3. The molecule has 0 bridgehead atoms. The lowest BCUT2D eigenvalue weighted by Crippen LogP contribution is -2.47. The van der Waals surface area contributed by atoms with E-state index < -0.39 is 0 Å². The van der Waals surface area contributed by atoms with E-state index in [0.717, 1.165) is 71.6 Å². The monoisotopic (exact) mass is 457 g/mol. The summed E-state index contributed by atoms with van der Waals surface area (Å²) in [6.45, 7) is 9.73. The molecule has 6 heteroatoms. The lowest BCUT2D eigenvalue weighted by molar-refractivity contribution is -0.141. The van der Waals surface area contributed by atoms with Crippen molar-refractivity contribution in [2.75, 3.05) is 59.0 Å². The second kappa shape index (κ2) is 14.4. The molecule has 6 nitrogen and oxygen atoms in total. The van der Waals surface area contributed by atoms with E-state index >= 15 is 0 Å². The summed E-state index contributed by atoms with van der Waals surface area (Å²) in [5.41, 5.74) is 1.20. The summed E-state index contributed by atoms with van der Waals surface area (Å²) in [5.74, 6) is 0.573. The van der Waals surface area contributed by atoms with Crippen LogP contribution in [0.15, 0.2) is 30.3 Å². The van der Waals surface area contributed by atoms with Gasteiger partial charge in [0.25, 0.3) is 0 Å². The highest BCUT2D eigenvalue weighted by Gasteiger charge is 2.30. The molecular weight excluding hydrogens is 414 g/mol. The molecule has 0 atom stereocenters.